The first-order valence-corrected chi connectivity index (χ1v) is 9.43. The van der Waals surface area contributed by atoms with Gasteiger partial charge in [-0.2, -0.15) is 0 Å². The number of anilines is 2. The quantitative estimate of drug-likeness (QED) is 0.712. The molecule has 0 unspecified atom stereocenters. The minimum Gasteiger partial charge on any atom is -0.368 e. The van der Waals surface area contributed by atoms with Crippen LogP contribution in [-0.4, -0.2) is 36.2 Å². The predicted octanol–water partition coefficient (Wildman–Crippen LogP) is 5.13. The Kier molecular flexibility index (Phi) is 5.72. The summed E-state index contributed by atoms with van der Waals surface area (Å²) in [6.07, 6.45) is 0. The molecule has 1 aliphatic heterocycles. The molecule has 1 fully saturated rings. The summed E-state index contributed by atoms with van der Waals surface area (Å²) in [6.45, 7) is 7.73. The normalized spacial score (nSPS) is 14.6. The molecule has 3 rings (SSSR count). The third-order valence-electron chi connectivity index (χ3n) is 4.46. The monoisotopic (exact) mass is 393 g/mol. The van der Waals surface area contributed by atoms with Crippen LogP contribution in [0.5, 0.6) is 0 Å². The van der Waals surface area contributed by atoms with Crippen LogP contribution in [0.3, 0.4) is 0 Å². The first-order valence-electron chi connectivity index (χ1n) is 8.27. The van der Waals surface area contributed by atoms with Gasteiger partial charge in [-0.1, -0.05) is 40.9 Å². The van der Waals surface area contributed by atoms with E-state index >= 15 is 0 Å². The summed E-state index contributed by atoms with van der Waals surface area (Å²) in [5.74, 6) is 0. The number of halogens is 2. The van der Waals surface area contributed by atoms with Crippen molar-refractivity contribution in [2.24, 2.45) is 0 Å². The molecule has 2 aromatic rings. The van der Waals surface area contributed by atoms with Gasteiger partial charge >= 0.3 is 0 Å². The molecular formula is C19H21Cl2N3S. The minimum atomic E-state index is 0.586. The van der Waals surface area contributed by atoms with Gasteiger partial charge in [-0.25, -0.2) is 0 Å². The van der Waals surface area contributed by atoms with Gasteiger partial charge in [-0.3, -0.25) is 0 Å². The molecule has 0 saturated carbocycles. The molecule has 2 aromatic carbocycles. The summed E-state index contributed by atoms with van der Waals surface area (Å²) in [4.78, 5) is 4.51. The van der Waals surface area contributed by atoms with Crippen molar-refractivity contribution in [3.8, 4) is 0 Å². The van der Waals surface area contributed by atoms with Gasteiger partial charge in [0.05, 0.1) is 10.0 Å². The van der Waals surface area contributed by atoms with E-state index < -0.39 is 0 Å². The van der Waals surface area contributed by atoms with E-state index in [1.54, 1.807) is 0 Å². The summed E-state index contributed by atoms with van der Waals surface area (Å²) in [5, 5.41) is 5.33. The molecule has 6 heteroatoms. The average molecular weight is 394 g/mol. The van der Waals surface area contributed by atoms with E-state index in [9.17, 15) is 0 Å². The van der Waals surface area contributed by atoms with Gasteiger partial charge in [0.2, 0.25) is 0 Å². The van der Waals surface area contributed by atoms with Crippen molar-refractivity contribution in [3.05, 3.63) is 57.6 Å². The fourth-order valence-corrected chi connectivity index (χ4v) is 3.58. The molecule has 1 heterocycles. The van der Waals surface area contributed by atoms with Crippen LogP contribution >= 0.6 is 35.4 Å². The first kappa shape index (κ1) is 18.3. The van der Waals surface area contributed by atoms with E-state index in [-0.39, 0.29) is 0 Å². The fourth-order valence-electron chi connectivity index (χ4n) is 3.00. The van der Waals surface area contributed by atoms with Gasteiger partial charge in [-0.15, -0.1) is 0 Å². The maximum atomic E-state index is 6.13. The molecule has 0 bridgehead atoms. The van der Waals surface area contributed by atoms with E-state index in [1.807, 2.05) is 18.2 Å². The molecule has 0 spiro atoms. The lowest BCUT2D eigenvalue weighted by Crippen LogP contribution is -2.50. The number of thiocarbonyl (C=S) groups is 1. The Morgan fingerprint density at radius 3 is 2.32 bits per heavy atom. The van der Waals surface area contributed by atoms with Gasteiger partial charge in [0.15, 0.2) is 5.11 Å². The number of rotatable bonds is 2. The van der Waals surface area contributed by atoms with Gasteiger partial charge in [0.25, 0.3) is 0 Å². The van der Waals surface area contributed by atoms with Crippen LogP contribution in [0.15, 0.2) is 36.4 Å². The molecule has 0 atom stereocenters. The predicted molar refractivity (Wildman–Crippen MR) is 112 cm³/mol. The summed E-state index contributed by atoms with van der Waals surface area (Å²) in [7, 11) is 0. The SMILES string of the molecule is Cc1ccc(NC(=S)N2CCN(c3ccc(Cl)c(Cl)c3)CC2)c(C)c1. The van der Waals surface area contributed by atoms with E-state index in [0.29, 0.717) is 10.0 Å². The Morgan fingerprint density at radius 2 is 1.68 bits per heavy atom. The Hall–Kier alpha value is -1.49. The number of aryl methyl sites for hydroxylation is 2. The van der Waals surface area contributed by atoms with Crippen LogP contribution in [0, 0.1) is 13.8 Å². The number of hydrogen-bond donors (Lipinski definition) is 1. The van der Waals surface area contributed by atoms with Crippen molar-refractivity contribution >= 4 is 51.9 Å². The standard InChI is InChI=1S/C19H21Cl2N3S/c1-13-3-6-18(14(2)11-13)22-19(25)24-9-7-23(8-10-24)15-4-5-16(20)17(21)12-15/h3-6,11-12H,7-10H2,1-2H3,(H,22,25). The maximum Gasteiger partial charge on any atom is 0.173 e. The van der Waals surface area contributed by atoms with Crippen molar-refractivity contribution in [2.45, 2.75) is 13.8 Å². The largest absolute Gasteiger partial charge is 0.368 e. The van der Waals surface area contributed by atoms with Crippen LogP contribution in [0.4, 0.5) is 11.4 Å². The van der Waals surface area contributed by atoms with Crippen molar-refractivity contribution in [1.29, 1.82) is 0 Å². The summed E-state index contributed by atoms with van der Waals surface area (Å²) in [6, 6.07) is 12.1. The third kappa shape index (κ3) is 4.38. The molecule has 25 heavy (non-hydrogen) atoms. The number of benzene rings is 2. The van der Waals surface area contributed by atoms with Crippen molar-refractivity contribution in [1.82, 2.24) is 4.90 Å². The van der Waals surface area contributed by atoms with Gasteiger partial charge < -0.3 is 15.1 Å². The van der Waals surface area contributed by atoms with E-state index in [4.69, 9.17) is 35.4 Å². The summed E-state index contributed by atoms with van der Waals surface area (Å²) < 4.78 is 0. The summed E-state index contributed by atoms with van der Waals surface area (Å²) in [5.41, 5.74) is 4.63. The van der Waals surface area contributed by atoms with Gasteiger partial charge in [0, 0.05) is 37.6 Å². The highest BCUT2D eigenvalue weighted by Gasteiger charge is 2.20. The van der Waals surface area contributed by atoms with Crippen molar-refractivity contribution in [2.75, 3.05) is 36.4 Å². The molecule has 0 amide bonds. The lowest BCUT2D eigenvalue weighted by atomic mass is 10.1. The number of hydrogen-bond acceptors (Lipinski definition) is 2. The zero-order chi connectivity index (χ0) is 18.0. The second-order valence-corrected chi connectivity index (χ2v) is 7.52. The number of piperazine rings is 1. The highest BCUT2D eigenvalue weighted by molar-refractivity contribution is 7.80. The van der Waals surface area contributed by atoms with Gasteiger partial charge in [0.1, 0.15) is 0 Å². The molecule has 0 aliphatic carbocycles. The van der Waals surface area contributed by atoms with Crippen LogP contribution in [0.25, 0.3) is 0 Å². The third-order valence-corrected chi connectivity index (χ3v) is 5.56. The molecule has 132 valence electrons. The van der Waals surface area contributed by atoms with E-state index in [2.05, 4.69) is 47.2 Å². The van der Waals surface area contributed by atoms with Crippen molar-refractivity contribution < 1.29 is 0 Å². The lowest BCUT2D eigenvalue weighted by Gasteiger charge is -2.37. The maximum absolute atomic E-state index is 6.13. The fraction of sp³-hybridized carbons (Fsp3) is 0.316. The molecular weight excluding hydrogens is 373 g/mol. The Balaban J connectivity index is 1.59. The van der Waals surface area contributed by atoms with E-state index in [1.165, 1.54) is 11.1 Å². The molecule has 0 aromatic heterocycles. The van der Waals surface area contributed by atoms with Crippen LogP contribution in [-0.2, 0) is 0 Å². The van der Waals surface area contributed by atoms with Crippen LogP contribution in [0.2, 0.25) is 10.0 Å². The van der Waals surface area contributed by atoms with Crippen molar-refractivity contribution in [3.63, 3.8) is 0 Å². The van der Waals surface area contributed by atoms with Crippen LogP contribution < -0.4 is 10.2 Å². The highest BCUT2D eigenvalue weighted by atomic mass is 35.5. The smallest absolute Gasteiger partial charge is 0.173 e. The second kappa shape index (κ2) is 7.81. The zero-order valence-electron chi connectivity index (χ0n) is 14.4. The number of nitrogens with zero attached hydrogens (tertiary/aromatic N) is 2. The van der Waals surface area contributed by atoms with E-state index in [0.717, 1.165) is 42.7 Å². The topological polar surface area (TPSA) is 18.5 Å². The average Bonchev–Trinajstić information content (AvgIpc) is 2.60. The van der Waals surface area contributed by atoms with Crippen LogP contribution in [0.1, 0.15) is 11.1 Å². The molecule has 1 N–H and O–H groups in total. The zero-order valence-corrected chi connectivity index (χ0v) is 16.7. The highest BCUT2D eigenvalue weighted by Crippen LogP contribution is 2.28. The molecule has 3 nitrogen and oxygen atoms in total. The molecule has 0 radical (unpaired) electrons. The number of nitrogens with one attached hydrogen (secondary N) is 1. The molecule has 1 aliphatic rings. The minimum absolute atomic E-state index is 0.586. The second-order valence-electron chi connectivity index (χ2n) is 6.32. The summed E-state index contributed by atoms with van der Waals surface area (Å²) >= 11 is 17.7. The van der Waals surface area contributed by atoms with Gasteiger partial charge in [-0.05, 0) is 55.9 Å². The Bertz CT molecular complexity index is 786. The Morgan fingerprint density at radius 1 is 0.960 bits per heavy atom. The first-order chi connectivity index (χ1) is 11.9. The lowest BCUT2D eigenvalue weighted by molar-refractivity contribution is 0.391. The molecule has 1 saturated heterocycles. The Labute approximate surface area is 164 Å².